The molecule has 0 bridgehead atoms. The summed E-state index contributed by atoms with van der Waals surface area (Å²) in [5, 5.41) is 9.17. The maximum Gasteiger partial charge on any atom is 0.263 e. The Labute approximate surface area is 143 Å². The molecule has 0 radical (unpaired) electrons. The first-order chi connectivity index (χ1) is 11.6. The molecule has 5 nitrogen and oxygen atoms in total. The lowest BCUT2D eigenvalue weighted by Gasteiger charge is -2.34. The van der Waals surface area contributed by atoms with Gasteiger partial charge in [0.2, 0.25) is 0 Å². The van der Waals surface area contributed by atoms with Gasteiger partial charge in [0.15, 0.2) is 6.10 Å². The second-order valence-corrected chi connectivity index (χ2v) is 6.80. The van der Waals surface area contributed by atoms with Crippen LogP contribution in [-0.2, 0) is 4.79 Å². The Hall–Kier alpha value is -2.06. The van der Waals surface area contributed by atoms with E-state index in [4.69, 9.17) is 10.00 Å². The Morgan fingerprint density at radius 1 is 1.25 bits per heavy atom. The third kappa shape index (κ3) is 3.25. The molecule has 0 saturated carbocycles. The summed E-state index contributed by atoms with van der Waals surface area (Å²) in [4.78, 5) is 17.3. The molecule has 2 fully saturated rings. The highest BCUT2D eigenvalue weighted by Gasteiger charge is 2.39. The zero-order chi connectivity index (χ0) is 17.1. The molecule has 0 aliphatic carbocycles. The Bertz CT molecular complexity index is 640. The van der Waals surface area contributed by atoms with Gasteiger partial charge in [-0.15, -0.1) is 0 Å². The maximum absolute atomic E-state index is 12.9. The first-order valence-electron chi connectivity index (χ1n) is 8.78. The SMILES string of the molecule is CC(Oc1ccccc1C#N)C(=O)N1CCCC1C1CCCN1C. The number of carbonyl (C=O) groups excluding carboxylic acids is 1. The van der Waals surface area contributed by atoms with Gasteiger partial charge in [0.25, 0.3) is 5.91 Å². The number of hydrogen-bond donors (Lipinski definition) is 0. The summed E-state index contributed by atoms with van der Waals surface area (Å²) in [7, 11) is 2.15. The van der Waals surface area contributed by atoms with E-state index in [1.807, 2.05) is 11.0 Å². The number of rotatable bonds is 4. The number of nitriles is 1. The Balaban J connectivity index is 1.69. The van der Waals surface area contributed by atoms with E-state index in [9.17, 15) is 4.79 Å². The molecule has 1 amide bonds. The van der Waals surface area contributed by atoms with Crippen molar-refractivity contribution >= 4 is 5.91 Å². The van der Waals surface area contributed by atoms with Crippen LogP contribution in [0.2, 0.25) is 0 Å². The molecular weight excluding hydrogens is 302 g/mol. The fourth-order valence-electron chi connectivity index (χ4n) is 4.02. The molecule has 0 aromatic heterocycles. The lowest BCUT2D eigenvalue weighted by atomic mass is 10.0. The number of nitrogens with zero attached hydrogens (tertiary/aromatic N) is 3. The zero-order valence-electron chi connectivity index (χ0n) is 14.4. The minimum Gasteiger partial charge on any atom is -0.480 e. The van der Waals surface area contributed by atoms with E-state index in [1.165, 1.54) is 6.42 Å². The van der Waals surface area contributed by atoms with Crippen LogP contribution in [0.5, 0.6) is 5.75 Å². The van der Waals surface area contributed by atoms with Gasteiger partial charge in [-0.25, -0.2) is 0 Å². The van der Waals surface area contributed by atoms with Gasteiger partial charge in [-0.2, -0.15) is 5.26 Å². The van der Waals surface area contributed by atoms with Crippen LogP contribution in [0.4, 0.5) is 0 Å². The minimum absolute atomic E-state index is 0.0329. The first kappa shape index (κ1) is 16.8. The summed E-state index contributed by atoms with van der Waals surface area (Å²) in [5.74, 6) is 0.514. The average molecular weight is 327 g/mol. The number of likely N-dealkylation sites (tertiary alicyclic amines) is 2. The molecule has 2 aliphatic heterocycles. The Morgan fingerprint density at radius 3 is 2.67 bits per heavy atom. The molecule has 24 heavy (non-hydrogen) atoms. The topological polar surface area (TPSA) is 56.6 Å². The predicted octanol–water partition coefficient (Wildman–Crippen LogP) is 2.41. The highest BCUT2D eigenvalue weighted by molar-refractivity contribution is 5.81. The van der Waals surface area contributed by atoms with E-state index in [-0.39, 0.29) is 5.91 Å². The summed E-state index contributed by atoms with van der Waals surface area (Å²) in [6.45, 7) is 3.70. The first-order valence-corrected chi connectivity index (χ1v) is 8.78. The zero-order valence-corrected chi connectivity index (χ0v) is 14.4. The van der Waals surface area contributed by atoms with Crippen molar-refractivity contribution in [1.82, 2.24) is 9.80 Å². The molecular formula is C19H25N3O2. The summed E-state index contributed by atoms with van der Waals surface area (Å²) in [6.07, 6.45) is 3.93. The number of para-hydroxylation sites is 1. The van der Waals surface area contributed by atoms with Gasteiger partial charge in [0.05, 0.1) is 5.56 Å². The summed E-state index contributed by atoms with van der Waals surface area (Å²) < 4.78 is 5.82. The summed E-state index contributed by atoms with van der Waals surface area (Å²) in [5.41, 5.74) is 0.464. The van der Waals surface area contributed by atoms with Crippen LogP contribution in [0, 0.1) is 11.3 Å². The number of benzene rings is 1. The molecule has 1 aromatic rings. The molecule has 3 atom stereocenters. The highest BCUT2D eigenvalue weighted by atomic mass is 16.5. The van der Waals surface area contributed by atoms with Gasteiger partial charge in [0, 0.05) is 18.6 Å². The number of amides is 1. The number of carbonyl (C=O) groups is 1. The largest absolute Gasteiger partial charge is 0.480 e. The van der Waals surface area contributed by atoms with Crippen molar-refractivity contribution in [2.45, 2.75) is 50.8 Å². The van der Waals surface area contributed by atoms with Crippen molar-refractivity contribution in [2.24, 2.45) is 0 Å². The average Bonchev–Trinajstić information content (AvgIpc) is 3.22. The molecule has 0 N–H and O–H groups in total. The van der Waals surface area contributed by atoms with Crippen LogP contribution in [0.15, 0.2) is 24.3 Å². The molecule has 3 unspecified atom stereocenters. The molecule has 3 rings (SSSR count). The number of likely N-dealkylation sites (N-methyl/N-ethyl adjacent to an activating group) is 1. The van der Waals surface area contributed by atoms with Crippen molar-refractivity contribution in [1.29, 1.82) is 5.26 Å². The van der Waals surface area contributed by atoms with Crippen molar-refractivity contribution < 1.29 is 9.53 Å². The van der Waals surface area contributed by atoms with Crippen molar-refractivity contribution in [3.05, 3.63) is 29.8 Å². The normalized spacial score (nSPS) is 25.5. The van der Waals surface area contributed by atoms with E-state index in [0.29, 0.717) is 23.4 Å². The van der Waals surface area contributed by atoms with Crippen molar-refractivity contribution in [2.75, 3.05) is 20.1 Å². The van der Waals surface area contributed by atoms with E-state index >= 15 is 0 Å². The van der Waals surface area contributed by atoms with Crippen LogP contribution in [0.3, 0.4) is 0 Å². The number of hydrogen-bond acceptors (Lipinski definition) is 4. The van der Waals surface area contributed by atoms with Gasteiger partial charge in [0.1, 0.15) is 11.8 Å². The van der Waals surface area contributed by atoms with Crippen LogP contribution in [0.25, 0.3) is 0 Å². The third-order valence-electron chi connectivity index (χ3n) is 5.26. The van der Waals surface area contributed by atoms with E-state index in [1.54, 1.807) is 25.1 Å². The Kier molecular flexibility index (Phi) is 5.06. The van der Waals surface area contributed by atoms with Crippen LogP contribution in [0.1, 0.15) is 38.2 Å². The lowest BCUT2D eigenvalue weighted by molar-refractivity contribution is -0.139. The molecule has 2 aliphatic rings. The van der Waals surface area contributed by atoms with Crippen LogP contribution < -0.4 is 4.74 Å². The lowest BCUT2D eigenvalue weighted by Crippen LogP contribution is -2.50. The standard InChI is InChI=1S/C19H25N3O2/c1-14(24-18-10-4-3-7-15(18)13-20)19(23)22-12-6-9-17(22)16-8-5-11-21(16)2/h3-4,7,10,14,16-17H,5-6,8-9,11-12H2,1-2H3. The van der Waals surface area contributed by atoms with Crippen molar-refractivity contribution in [3.8, 4) is 11.8 Å². The fourth-order valence-corrected chi connectivity index (χ4v) is 4.02. The smallest absolute Gasteiger partial charge is 0.263 e. The molecule has 0 spiro atoms. The monoisotopic (exact) mass is 327 g/mol. The van der Waals surface area contributed by atoms with E-state index in [2.05, 4.69) is 18.0 Å². The molecule has 2 heterocycles. The third-order valence-corrected chi connectivity index (χ3v) is 5.26. The summed E-state index contributed by atoms with van der Waals surface area (Å²) in [6, 6.07) is 9.94. The van der Waals surface area contributed by atoms with Gasteiger partial charge in [-0.3, -0.25) is 4.79 Å². The van der Waals surface area contributed by atoms with Gasteiger partial charge < -0.3 is 14.5 Å². The van der Waals surface area contributed by atoms with Crippen LogP contribution >= 0.6 is 0 Å². The maximum atomic E-state index is 12.9. The molecule has 5 heteroatoms. The highest BCUT2D eigenvalue weighted by Crippen LogP contribution is 2.30. The second kappa shape index (κ2) is 7.23. The molecule has 2 saturated heterocycles. The van der Waals surface area contributed by atoms with Gasteiger partial charge >= 0.3 is 0 Å². The molecule has 128 valence electrons. The Morgan fingerprint density at radius 2 is 1.96 bits per heavy atom. The quantitative estimate of drug-likeness (QED) is 0.852. The number of ether oxygens (including phenoxy) is 1. The van der Waals surface area contributed by atoms with E-state index < -0.39 is 6.10 Å². The predicted molar refractivity (Wildman–Crippen MR) is 91.6 cm³/mol. The van der Waals surface area contributed by atoms with Crippen LogP contribution in [-0.4, -0.2) is 54.0 Å². The molecule has 1 aromatic carbocycles. The van der Waals surface area contributed by atoms with Gasteiger partial charge in [-0.05, 0) is 58.3 Å². The van der Waals surface area contributed by atoms with Gasteiger partial charge in [-0.1, -0.05) is 12.1 Å². The fraction of sp³-hybridized carbons (Fsp3) is 0.579. The summed E-state index contributed by atoms with van der Waals surface area (Å²) >= 11 is 0. The van der Waals surface area contributed by atoms with Crippen molar-refractivity contribution in [3.63, 3.8) is 0 Å². The second-order valence-electron chi connectivity index (χ2n) is 6.80. The minimum atomic E-state index is -0.577. The van der Waals surface area contributed by atoms with E-state index in [0.717, 1.165) is 32.4 Å².